The zero-order chi connectivity index (χ0) is 11.1. The Morgan fingerprint density at radius 1 is 1.07 bits per heavy atom. The maximum absolute atomic E-state index is 13.4. The Balaban J connectivity index is 2.77. The van der Waals surface area contributed by atoms with E-state index in [-0.39, 0.29) is 11.6 Å². The van der Waals surface area contributed by atoms with Crippen LogP contribution in [0.5, 0.6) is 11.5 Å². The molecule has 1 aromatic rings. The summed E-state index contributed by atoms with van der Waals surface area (Å²) in [5, 5.41) is 0. The molecule has 2 nitrogen and oxygen atoms in total. The molecule has 0 amide bonds. The lowest BCUT2D eigenvalue weighted by atomic mass is 10.3. The number of hydrogen-bond acceptors (Lipinski definition) is 2. The van der Waals surface area contributed by atoms with Crippen LogP contribution in [0.25, 0.3) is 0 Å². The van der Waals surface area contributed by atoms with E-state index in [9.17, 15) is 4.39 Å². The van der Waals surface area contributed by atoms with E-state index in [1.54, 1.807) is 12.1 Å². The van der Waals surface area contributed by atoms with Crippen LogP contribution in [-0.2, 0) is 0 Å². The summed E-state index contributed by atoms with van der Waals surface area (Å²) in [6, 6.07) is 4.73. The first-order valence-electron chi connectivity index (χ1n) is 5.33. The summed E-state index contributed by atoms with van der Waals surface area (Å²) in [7, 11) is 0. The fourth-order valence-corrected chi connectivity index (χ4v) is 1.16. The molecule has 3 heteroatoms. The molecule has 84 valence electrons. The summed E-state index contributed by atoms with van der Waals surface area (Å²) < 4.78 is 24.1. The summed E-state index contributed by atoms with van der Waals surface area (Å²) in [5.41, 5.74) is 0. The van der Waals surface area contributed by atoms with E-state index in [2.05, 4.69) is 0 Å². The zero-order valence-corrected chi connectivity index (χ0v) is 9.25. The molecule has 0 heterocycles. The Kier molecular flexibility index (Phi) is 4.95. The van der Waals surface area contributed by atoms with Gasteiger partial charge in [-0.05, 0) is 25.0 Å². The van der Waals surface area contributed by atoms with Crippen LogP contribution in [-0.4, -0.2) is 13.2 Å². The number of ether oxygens (including phenoxy) is 2. The average molecular weight is 212 g/mol. The van der Waals surface area contributed by atoms with Crippen LogP contribution < -0.4 is 9.47 Å². The number of halogens is 1. The number of rotatable bonds is 6. The van der Waals surface area contributed by atoms with Gasteiger partial charge in [-0.1, -0.05) is 19.9 Å². The quantitative estimate of drug-likeness (QED) is 0.719. The predicted molar refractivity (Wildman–Crippen MR) is 58.0 cm³/mol. The number of benzene rings is 1. The maximum atomic E-state index is 13.4. The highest BCUT2D eigenvalue weighted by atomic mass is 19.1. The van der Waals surface area contributed by atoms with Crippen molar-refractivity contribution in [3.8, 4) is 11.5 Å². The fraction of sp³-hybridized carbons (Fsp3) is 0.500. The lowest BCUT2D eigenvalue weighted by Crippen LogP contribution is -2.02. The molecule has 0 fully saturated rings. The first-order chi connectivity index (χ1) is 7.29. The molecule has 0 aliphatic heterocycles. The van der Waals surface area contributed by atoms with Crippen molar-refractivity contribution in [3.05, 3.63) is 24.0 Å². The smallest absolute Gasteiger partial charge is 0.197 e. The minimum Gasteiger partial charge on any atom is -0.490 e. The molecule has 0 saturated heterocycles. The van der Waals surface area contributed by atoms with E-state index >= 15 is 0 Å². The number of para-hydroxylation sites is 1. The second-order valence-corrected chi connectivity index (χ2v) is 3.26. The largest absolute Gasteiger partial charge is 0.490 e. The van der Waals surface area contributed by atoms with Crippen LogP contribution in [0.4, 0.5) is 4.39 Å². The van der Waals surface area contributed by atoms with E-state index in [0.717, 1.165) is 12.8 Å². The van der Waals surface area contributed by atoms with Gasteiger partial charge in [-0.2, -0.15) is 0 Å². The predicted octanol–water partition coefficient (Wildman–Crippen LogP) is 3.40. The molecule has 1 aromatic carbocycles. The van der Waals surface area contributed by atoms with Crippen LogP contribution >= 0.6 is 0 Å². The molecule has 0 aromatic heterocycles. The first kappa shape index (κ1) is 11.8. The Morgan fingerprint density at radius 3 is 2.40 bits per heavy atom. The molecule has 0 atom stereocenters. The van der Waals surface area contributed by atoms with E-state index in [1.165, 1.54) is 6.07 Å². The van der Waals surface area contributed by atoms with Gasteiger partial charge in [0, 0.05) is 0 Å². The maximum Gasteiger partial charge on any atom is 0.197 e. The van der Waals surface area contributed by atoms with Gasteiger partial charge in [0.05, 0.1) is 13.2 Å². The topological polar surface area (TPSA) is 18.5 Å². The Labute approximate surface area is 90.0 Å². The summed E-state index contributed by atoms with van der Waals surface area (Å²) in [5.74, 6) is 0.357. The lowest BCUT2D eigenvalue weighted by Gasteiger charge is -2.12. The van der Waals surface area contributed by atoms with Crippen molar-refractivity contribution in [3.63, 3.8) is 0 Å². The van der Waals surface area contributed by atoms with Crippen molar-refractivity contribution in [1.82, 2.24) is 0 Å². The van der Waals surface area contributed by atoms with Crippen molar-refractivity contribution in [2.24, 2.45) is 0 Å². The van der Waals surface area contributed by atoms with E-state index < -0.39 is 0 Å². The SMILES string of the molecule is CCCOc1cccc(F)c1OCCC. The molecule has 0 aliphatic rings. The van der Waals surface area contributed by atoms with Gasteiger partial charge in [-0.15, -0.1) is 0 Å². The minimum atomic E-state index is -0.364. The molecule has 0 unspecified atom stereocenters. The van der Waals surface area contributed by atoms with Gasteiger partial charge < -0.3 is 9.47 Å². The van der Waals surface area contributed by atoms with E-state index in [4.69, 9.17) is 9.47 Å². The Hall–Kier alpha value is -1.25. The highest BCUT2D eigenvalue weighted by Crippen LogP contribution is 2.30. The fourth-order valence-electron chi connectivity index (χ4n) is 1.16. The Bertz CT molecular complexity index is 300. The van der Waals surface area contributed by atoms with Crippen molar-refractivity contribution < 1.29 is 13.9 Å². The third kappa shape index (κ3) is 3.42. The standard InChI is InChI=1S/C12H17FO2/c1-3-8-14-11-7-5-6-10(13)12(11)15-9-4-2/h5-7H,3-4,8-9H2,1-2H3. The van der Waals surface area contributed by atoms with Crippen molar-refractivity contribution >= 4 is 0 Å². The first-order valence-corrected chi connectivity index (χ1v) is 5.33. The van der Waals surface area contributed by atoms with Gasteiger partial charge in [0.25, 0.3) is 0 Å². The van der Waals surface area contributed by atoms with Crippen LogP contribution in [0.3, 0.4) is 0 Å². The summed E-state index contributed by atoms with van der Waals surface area (Å²) in [6.45, 7) is 5.06. The average Bonchev–Trinajstić information content (AvgIpc) is 2.25. The van der Waals surface area contributed by atoms with Crippen molar-refractivity contribution in [1.29, 1.82) is 0 Å². The second kappa shape index (κ2) is 6.27. The highest BCUT2D eigenvalue weighted by Gasteiger charge is 2.10. The van der Waals surface area contributed by atoms with Gasteiger partial charge in [0.2, 0.25) is 0 Å². The molecule has 0 radical (unpaired) electrons. The van der Waals surface area contributed by atoms with Gasteiger partial charge >= 0.3 is 0 Å². The molecule has 0 bridgehead atoms. The molecule has 0 saturated carbocycles. The summed E-state index contributed by atoms with van der Waals surface area (Å²) in [6.07, 6.45) is 1.74. The molecule has 0 N–H and O–H groups in total. The van der Waals surface area contributed by atoms with Crippen LogP contribution in [0.15, 0.2) is 18.2 Å². The molecule has 15 heavy (non-hydrogen) atoms. The third-order valence-electron chi connectivity index (χ3n) is 1.84. The van der Waals surface area contributed by atoms with Crippen molar-refractivity contribution in [2.45, 2.75) is 26.7 Å². The van der Waals surface area contributed by atoms with Gasteiger partial charge in [0.15, 0.2) is 17.3 Å². The summed E-state index contributed by atoms with van der Waals surface area (Å²) in [4.78, 5) is 0. The molecule has 1 rings (SSSR count). The van der Waals surface area contributed by atoms with E-state index in [1.807, 2.05) is 13.8 Å². The minimum absolute atomic E-state index is 0.229. The second-order valence-electron chi connectivity index (χ2n) is 3.26. The van der Waals surface area contributed by atoms with Crippen LogP contribution in [0, 0.1) is 5.82 Å². The monoisotopic (exact) mass is 212 g/mol. The van der Waals surface area contributed by atoms with E-state index in [0.29, 0.717) is 19.0 Å². The van der Waals surface area contributed by atoms with Crippen LogP contribution in [0.1, 0.15) is 26.7 Å². The third-order valence-corrected chi connectivity index (χ3v) is 1.84. The highest BCUT2D eigenvalue weighted by molar-refractivity contribution is 5.40. The van der Waals surface area contributed by atoms with Gasteiger partial charge in [0.1, 0.15) is 0 Å². The van der Waals surface area contributed by atoms with Crippen LogP contribution in [0.2, 0.25) is 0 Å². The molecule has 0 spiro atoms. The van der Waals surface area contributed by atoms with Gasteiger partial charge in [-0.3, -0.25) is 0 Å². The molecular formula is C12H17FO2. The molecule has 0 aliphatic carbocycles. The summed E-state index contributed by atoms with van der Waals surface area (Å²) >= 11 is 0. The molecular weight excluding hydrogens is 195 g/mol. The Morgan fingerprint density at radius 2 is 1.73 bits per heavy atom. The number of hydrogen-bond donors (Lipinski definition) is 0. The zero-order valence-electron chi connectivity index (χ0n) is 9.25. The van der Waals surface area contributed by atoms with Crippen molar-refractivity contribution in [2.75, 3.05) is 13.2 Å². The normalized spacial score (nSPS) is 10.1. The van der Waals surface area contributed by atoms with Gasteiger partial charge in [-0.25, -0.2) is 4.39 Å². The lowest BCUT2D eigenvalue weighted by molar-refractivity contribution is 0.257.